The molecule has 2 rings (SSSR count). The average Bonchev–Trinajstić information content (AvgIpc) is 2.38. The molecule has 0 aliphatic rings. The van der Waals surface area contributed by atoms with Gasteiger partial charge < -0.3 is 10.1 Å². The normalized spacial score (nSPS) is 11.3. The third kappa shape index (κ3) is 4.34. The Morgan fingerprint density at radius 2 is 1.89 bits per heavy atom. The van der Waals surface area contributed by atoms with Crippen LogP contribution in [0.1, 0.15) is 26.3 Å². The Bertz CT molecular complexity index is 520. The molecule has 4 heteroatoms. The van der Waals surface area contributed by atoms with Crippen molar-refractivity contribution in [1.82, 2.24) is 15.3 Å². The van der Waals surface area contributed by atoms with Gasteiger partial charge in [-0.05, 0) is 39.0 Å². The molecule has 0 saturated carbocycles. The molecule has 0 spiro atoms. The summed E-state index contributed by atoms with van der Waals surface area (Å²) in [5.74, 6) is 1.53. The highest BCUT2D eigenvalue weighted by Crippen LogP contribution is 2.23. The number of aromatic nitrogens is 2. The number of hydrogen-bond donors (Lipinski definition) is 1. The lowest BCUT2D eigenvalue weighted by molar-refractivity contribution is 0.413. The average molecular weight is 257 g/mol. The van der Waals surface area contributed by atoms with Crippen LogP contribution in [-0.4, -0.2) is 15.5 Å². The summed E-state index contributed by atoms with van der Waals surface area (Å²) in [5, 5.41) is 3.43. The van der Waals surface area contributed by atoms with Gasteiger partial charge in [-0.2, -0.15) is 0 Å². The fourth-order valence-corrected chi connectivity index (χ4v) is 1.54. The maximum Gasteiger partial charge on any atom is 0.145 e. The topological polar surface area (TPSA) is 47.0 Å². The molecule has 0 radical (unpaired) electrons. The second-order valence-electron chi connectivity index (χ2n) is 5.38. The van der Waals surface area contributed by atoms with Crippen molar-refractivity contribution in [2.45, 2.75) is 32.9 Å². The Kier molecular flexibility index (Phi) is 4.12. The fraction of sp³-hybridized carbons (Fsp3) is 0.333. The van der Waals surface area contributed by atoms with Crippen molar-refractivity contribution >= 4 is 0 Å². The van der Waals surface area contributed by atoms with Crippen LogP contribution in [0.3, 0.4) is 0 Å². The van der Waals surface area contributed by atoms with E-state index in [1.807, 2.05) is 24.4 Å². The van der Waals surface area contributed by atoms with E-state index in [-0.39, 0.29) is 5.54 Å². The molecule has 100 valence electrons. The standard InChI is InChI=1S/C15H19N3O/c1-15(2,3)18-10-12-9-17-8-6-14(12)19-13-5-4-7-16-11-13/h4-9,11,18H,10H2,1-3H3. The second-order valence-corrected chi connectivity index (χ2v) is 5.38. The van der Waals surface area contributed by atoms with Gasteiger partial charge in [0.05, 0.1) is 6.20 Å². The number of nitrogens with zero attached hydrogens (tertiary/aromatic N) is 2. The van der Waals surface area contributed by atoms with Gasteiger partial charge in [0.2, 0.25) is 0 Å². The van der Waals surface area contributed by atoms with Gasteiger partial charge in [0, 0.05) is 36.2 Å². The van der Waals surface area contributed by atoms with Crippen LogP contribution in [0.25, 0.3) is 0 Å². The van der Waals surface area contributed by atoms with Gasteiger partial charge in [-0.3, -0.25) is 9.97 Å². The maximum atomic E-state index is 5.83. The first-order valence-electron chi connectivity index (χ1n) is 6.30. The number of ether oxygens (including phenoxy) is 1. The lowest BCUT2D eigenvalue weighted by atomic mass is 10.1. The van der Waals surface area contributed by atoms with Gasteiger partial charge in [-0.1, -0.05) is 0 Å². The molecule has 0 bridgehead atoms. The zero-order valence-corrected chi connectivity index (χ0v) is 11.6. The van der Waals surface area contributed by atoms with E-state index in [1.54, 1.807) is 18.6 Å². The molecule has 0 atom stereocenters. The van der Waals surface area contributed by atoms with Crippen LogP contribution < -0.4 is 10.1 Å². The Morgan fingerprint density at radius 3 is 2.58 bits per heavy atom. The second kappa shape index (κ2) is 5.80. The van der Waals surface area contributed by atoms with E-state index in [2.05, 4.69) is 36.1 Å². The molecule has 0 saturated heterocycles. The Balaban J connectivity index is 2.12. The molecule has 2 aromatic heterocycles. The molecule has 0 aliphatic carbocycles. The van der Waals surface area contributed by atoms with E-state index in [9.17, 15) is 0 Å². The van der Waals surface area contributed by atoms with Gasteiger partial charge in [0.15, 0.2) is 0 Å². The fourth-order valence-electron chi connectivity index (χ4n) is 1.54. The maximum absolute atomic E-state index is 5.83. The minimum Gasteiger partial charge on any atom is -0.455 e. The van der Waals surface area contributed by atoms with Crippen molar-refractivity contribution in [2.24, 2.45) is 0 Å². The Labute approximate surface area is 113 Å². The number of nitrogens with one attached hydrogen (secondary N) is 1. The van der Waals surface area contributed by atoms with Gasteiger partial charge in [-0.15, -0.1) is 0 Å². The van der Waals surface area contributed by atoms with Crippen molar-refractivity contribution in [3.05, 3.63) is 48.5 Å². The predicted octanol–water partition coefficient (Wildman–Crippen LogP) is 3.16. The van der Waals surface area contributed by atoms with Crippen LogP contribution in [0.2, 0.25) is 0 Å². The van der Waals surface area contributed by atoms with E-state index < -0.39 is 0 Å². The summed E-state index contributed by atoms with van der Waals surface area (Å²) in [6.07, 6.45) is 6.97. The summed E-state index contributed by atoms with van der Waals surface area (Å²) in [5.41, 5.74) is 1.09. The lowest BCUT2D eigenvalue weighted by Gasteiger charge is -2.21. The highest BCUT2D eigenvalue weighted by atomic mass is 16.5. The van der Waals surface area contributed by atoms with E-state index in [4.69, 9.17) is 4.74 Å². The van der Waals surface area contributed by atoms with E-state index in [0.717, 1.165) is 17.1 Å². The first kappa shape index (κ1) is 13.5. The van der Waals surface area contributed by atoms with Crippen molar-refractivity contribution in [3.8, 4) is 11.5 Å². The molecule has 0 aromatic carbocycles. The quantitative estimate of drug-likeness (QED) is 0.914. The van der Waals surface area contributed by atoms with Crippen LogP contribution >= 0.6 is 0 Å². The molecule has 0 unspecified atom stereocenters. The summed E-state index contributed by atoms with van der Waals surface area (Å²) in [6, 6.07) is 5.60. The van der Waals surface area contributed by atoms with Crippen LogP contribution in [-0.2, 0) is 6.54 Å². The zero-order chi connectivity index (χ0) is 13.7. The molecular formula is C15H19N3O. The summed E-state index contributed by atoms with van der Waals surface area (Å²) in [7, 11) is 0. The Morgan fingerprint density at radius 1 is 1.11 bits per heavy atom. The van der Waals surface area contributed by atoms with Gasteiger partial charge in [-0.25, -0.2) is 0 Å². The first-order chi connectivity index (χ1) is 9.04. The third-order valence-corrected chi connectivity index (χ3v) is 2.53. The molecular weight excluding hydrogens is 238 g/mol. The van der Waals surface area contributed by atoms with Gasteiger partial charge in [0.25, 0.3) is 0 Å². The molecule has 4 nitrogen and oxygen atoms in total. The highest BCUT2D eigenvalue weighted by Gasteiger charge is 2.11. The van der Waals surface area contributed by atoms with Crippen molar-refractivity contribution in [1.29, 1.82) is 0 Å². The number of pyridine rings is 2. The molecule has 2 aromatic rings. The van der Waals surface area contributed by atoms with Gasteiger partial charge >= 0.3 is 0 Å². The highest BCUT2D eigenvalue weighted by molar-refractivity contribution is 5.34. The summed E-state index contributed by atoms with van der Waals surface area (Å²) >= 11 is 0. The van der Waals surface area contributed by atoms with E-state index >= 15 is 0 Å². The summed E-state index contributed by atoms with van der Waals surface area (Å²) in [6.45, 7) is 7.11. The molecule has 0 aliphatic heterocycles. The lowest BCUT2D eigenvalue weighted by Crippen LogP contribution is -2.35. The van der Waals surface area contributed by atoms with Crippen LogP contribution in [0, 0.1) is 0 Å². The van der Waals surface area contributed by atoms with Crippen LogP contribution in [0.5, 0.6) is 11.5 Å². The third-order valence-electron chi connectivity index (χ3n) is 2.53. The number of rotatable bonds is 4. The van der Waals surface area contributed by atoms with Crippen molar-refractivity contribution in [2.75, 3.05) is 0 Å². The molecule has 19 heavy (non-hydrogen) atoms. The molecule has 0 amide bonds. The van der Waals surface area contributed by atoms with Crippen molar-refractivity contribution in [3.63, 3.8) is 0 Å². The SMILES string of the molecule is CC(C)(C)NCc1cnccc1Oc1cccnc1. The van der Waals surface area contributed by atoms with E-state index in [0.29, 0.717) is 6.54 Å². The Hall–Kier alpha value is -1.94. The van der Waals surface area contributed by atoms with Gasteiger partial charge in [0.1, 0.15) is 11.5 Å². The summed E-state index contributed by atoms with van der Waals surface area (Å²) < 4.78 is 5.83. The monoisotopic (exact) mass is 257 g/mol. The predicted molar refractivity (Wildman–Crippen MR) is 75.1 cm³/mol. The first-order valence-corrected chi connectivity index (χ1v) is 6.30. The zero-order valence-electron chi connectivity index (χ0n) is 11.6. The van der Waals surface area contributed by atoms with Crippen LogP contribution in [0.4, 0.5) is 0 Å². The number of hydrogen-bond acceptors (Lipinski definition) is 4. The summed E-state index contributed by atoms with van der Waals surface area (Å²) in [4.78, 5) is 8.19. The molecule has 1 N–H and O–H groups in total. The smallest absolute Gasteiger partial charge is 0.145 e. The van der Waals surface area contributed by atoms with E-state index in [1.165, 1.54) is 0 Å². The van der Waals surface area contributed by atoms with Crippen LogP contribution in [0.15, 0.2) is 43.0 Å². The minimum atomic E-state index is 0.0570. The van der Waals surface area contributed by atoms with Crippen molar-refractivity contribution < 1.29 is 4.74 Å². The largest absolute Gasteiger partial charge is 0.455 e. The molecule has 0 fully saturated rings. The minimum absolute atomic E-state index is 0.0570. The molecule has 2 heterocycles.